The number of amidine groups is 1. The largest absolute Gasteiger partial charge is 0.469 e. The molecule has 20 heavy (non-hydrogen) atoms. The molecule has 0 saturated heterocycles. The maximum Gasteiger partial charge on any atom is 0.307 e. The van der Waals surface area contributed by atoms with Crippen LogP contribution in [0.1, 0.15) is 64.7 Å². The summed E-state index contributed by atoms with van der Waals surface area (Å²) in [5.41, 5.74) is 0. The Balaban J connectivity index is 2.08. The highest BCUT2D eigenvalue weighted by Gasteiger charge is 2.17. The lowest BCUT2D eigenvalue weighted by molar-refractivity contribution is -0.140. The van der Waals surface area contributed by atoms with E-state index in [2.05, 4.69) is 21.6 Å². The highest BCUT2D eigenvalue weighted by Crippen LogP contribution is 2.13. The number of hydrogen-bond donors (Lipinski definition) is 0. The lowest BCUT2D eigenvalue weighted by Gasteiger charge is -2.19. The van der Waals surface area contributed by atoms with E-state index in [1.165, 1.54) is 57.9 Å². The van der Waals surface area contributed by atoms with Crippen molar-refractivity contribution >= 4 is 11.8 Å². The number of rotatable bonds is 11. The van der Waals surface area contributed by atoms with E-state index in [9.17, 15) is 4.79 Å². The molecule has 0 aliphatic carbocycles. The quantitative estimate of drug-likeness (QED) is 0.431. The van der Waals surface area contributed by atoms with Crippen LogP contribution in [0.25, 0.3) is 0 Å². The fourth-order valence-electron chi connectivity index (χ4n) is 2.58. The average molecular weight is 282 g/mol. The molecule has 0 saturated carbocycles. The van der Waals surface area contributed by atoms with Gasteiger partial charge in [0.2, 0.25) is 0 Å². The van der Waals surface area contributed by atoms with Gasteiger partial charge >= 0.3 is 5.97 Å². The van der Waals surface area contributed by atoms with E-state index in [1.54, 1.807) is 0 Å². The number of unbranched alkanes of at least 4 members (excludes halogenated alkanes) is 6. The van der Waals surface area contributed by atoms with Gasteiger partial charge in [0.1, 0.15) is 0 Å². The number of esters is 1. The van der Waals surface area contributed by atoms with Gasteiger partial charge in [-0.05, 0) is 6.42 Å². The van der Waals surface area contributed by atoms with Gasteiger partial charge in [0.25, 0.3) is 0 Å². The molecule has 0 atom stereocenters. The van der Waals surface area contributed by atoms with Crippen LogP contribution in [-0.4, -0.2) is 43.4 Å². The third kappa shape index (κ3) is 6.92. The summed E-state index contributed by atoms with van der Waals surface area (Å²) in [6, 6.07) is 0. The summed E-state index contributed by atoms with van der Waals surface area (Å²) in [6.07, 6.45) is 10.8. The van der Waals surface area contributed by atoms with Crippen molar-refractivity contribution in [3.63, 3.8) is 0 Å². The zero-order chi connectivity index (χ0) is 14.6. The standard InChI is InChI=1S/C16H30N2O2/c1-3-4-5-6-7-8-9-10-15-17-12-14-18(15)13-11-16(19)20-2/h3-14H2,1-2H3. The second kappa shape index (κ2) is 10.7. The summed E-state index contributed by atoms with van der Waals surface area (Å²) in [5, 5.41) is 0. The summed E-state index contributed by atoms with van der Waals surface area (Å²) in [4.78, 5) is 18.0. The van der Waals surface area contributed by atoms with Crippen LogP contribution < -0.4 is 0 Å². The number of carbonyl (C=O) groups excluding carboxylic acids is 1. The van der Waals surface area contributed by atoms with Crippen LogP contribution in [0.3, 0.4) is 0 Å². The van der Waals surface area contributed by atoms with Crippen molar-refractivity contribution < 1.29 is 9.53 Å². The van der Waals surface area contributed by atoms with Crippen molar-refractivity contribution in [1.82, 2.24) is 4.90 Å². The normalized spacial score (nSPS) is 14.5. The molecule has 0 aromatic heterocycles. The van der Waals surface area contributed by atoms with Crippen molar-refractivity contribution in [3.8, 4) is 0 Å². The molecule has 4 heteroatoms. The minimum absolute atomic E-state index is 0.132. The summed E-state index contributed by atoms with van der Waals surface area (Å²) in [7, 11) is 1.44. The molecular formula is C16H30N2O2. The maximum atomic E-state index is 11.2. The summed E-state index contributed by atoms with van der Waals surface area (Å²) in [6.45, 7) is 4.85. The maximum absolute atomic E-state index is 11.2. The monoisotopic (exact) mass is 282 g/mol. The van der Waals surface area contributed by atoms with Crippen LogP contribution in [-0.2, 0) is 9.53 Å². The minimum Gasteiger partial charge on any atom is -0.469 e. The topological polar surface area (TPSA) is 41.9 Å². The Labute approximate surface area is 123 Å². The first-order chi connectivity index (χ1) is 9.77. The molecule has 0 aromatic carbocycles. The zero-order valence-corrected chi connectivity index (χ0v) is 13.2. The lowest BCUT2D eigenvalue weighted by Crippen LogP contribution is -2.30. The molecule has 0 amide bonds. The summed E-state index contributed by atoms with van der Waals surface area (Å²) >= 11 is 0. The Morgan fingerprint density at radius 3 is 2.60 bits per heavy atom. The number of hydrogen-bond acceptors (Lipinski definition) is 4. The molecule has 4 nitrogen and oxygen atoms in total. The number of nitrogens with zero attached hydrogens (tertiary/aromatic N) is 2. The van der Waals surface area contributed by atoms with Crippen LogP contribution in [0, 0.1) is 0 Å². The van der Waals surface area contributed by atoms with Gasteiger partial charge < -0.3 is 9.64 Å². The van der Waals surface area contributed by atoms with Crippen LogP contribution in [0.4, 0.5) is 0 Å². The molecule has 1 rings (SSSR count). The molecule has 0 N–H and O–H groups in total. The lowest BCUT2D eigenvalue weighted by atomic mass is 10.1. The molecule has 0 radical (unpaired) electrons. The average Bonchev–Trinajstić information content (AvgIpc) is 2.91. The fraction of sp³-hybridized carbons (Fsp3) is 0.875. The predicted molar refractivity (Wildman–Crippen MR) is 83.1 cm³/mol. The van der Waals surface area contributed by atoms with E-state index < -0.39 is 0 Å². The van der Waals surface area contributed by atoms with Crippen molar-refractivity contribution in [2.24, 2.45) is 4.99 Å². The third-order valence-electron chi connectivity index (χ3n) is 3.85. The van der Waals surface area contributed by atoms with Crippen LogP contribution in [0.2, 0.25) is 0 Å². The second-order valence-corrected chi connectivity index (χ2v) is 5.48. The molecule has 0 aromatic rings. The molecular weight excluding hydrogens is 252 g/mol. The first-order valence-corrected chi connectivity index (χ1v) is 8.13. The molecule has 0 fully saturated rings. The number of ether oxygens (including phenoxy) is 1. The van der Waals surface area contributed by atoms with Gasteiger partial charge in [0.05, 0.1) is 25.9 Å². The zero-order valence-electron chi connectivity index (χ0n) is 13.2. The Morgan fingerprint density at radius 2 is 1.90 bits per heavy atom. The number of aliphatic imine (C=N–C) groups is 1. The van der Waals surface area contributed by atoms with Gasteiger partial charge in [-0.3, -0.25) is 9.79 Å². The van der Waals surface area contributed by atoms with Crippen molar-refractivity contribution in [3.05, 3.63) is 0 Å². The van der Waals surface area contributed by atoms with Gasteiger partial charge in [-0.25, -0.2) is 0 Å². The van der Waals surface area contributed by atoms with E-state index in [1.807, 2.05) is 0 Å². The van der Waals surface area contributed by atoms with Crippen molar-refractivity contribution in [1.29, 1.82) is 0 Å². The van der Waals surface area contributed by atoms with E-state index in [0.717, 1.165) is 26.1 Å². The number of methoxy groups -OCH3 is 1. The van der Waals surface area contributed by atoms with E-state index in [4.69, 9.17) is 0 Å². The predicted octanol–water partition coefficient (Wildman–Crippen LogP) is 3.40. The Hall–Kier alpha value is -1.06. The molecule has 0 unspecified atom stereocenters. The second-order valence-electron chi connectivity index (χ2n) is 5.48. The SMILES string of the molecule is CCCCCCCCCC1=NCCN1CCC(=O)OC. The minimum atomic E-state index is -0.132. The molecule has 0 bridgehead atoms. The van der Waals surface area contributed by atoms with Gasteiger partial charge in [-0.1, -0.05) is 45.4 Å². The Kier molecular flexibility index (Phi) is 9.09. The van der Waals surface area contributed by atoms with Crippen LogP contribution in [0.5, 0.6) is 0 Å². The van der Waals surface area contributed by atoms with E-state index in [0.29, 0.717) is 6.42 Å². The van der Waals surface area contributed by atoms with Crippen molar-refractivity contribution in [2.75, 3.05) is 26.7 Å². The first-order valence-electron chi connectivity index (χ1n) is 8.13. The highest BCUT2D eigenvalue weighted by molar-refractivity contribution is 5.84. The van der Waals surface area contributed by atoms with Gasteiger partial charge in [-0.15, -0.1) is 0 Å². The third-order valence-corrected chi connectivity index (χ3v) is 3.85. The van der Waals surface area contributed by atoms with Gasteiger partial charge in [0.15, 0.2) is 0 Å². The first kappa shape index (κ1) is 17.0. The Morgan fingerprint density at radius 1 is 1.20 bits per heavy atom. The molecule has 1 aliphatic rings. The van der Waals surface area contributed by atoms with Crippen LogP contribution in [0.15, 0.2) is 4.99 Å². The fourth-order valence-corrected chi connectivity index (χ4v) is 2.58. The molecule has 1 heterocycles. The van der Waals surface area contributed by atoms with E-state index in [-0.39, 0.29) is 5.97 Å². The molecule has 1 aliphatic heterocycles. The summed E-state index contributed by atoms with van der Waals surface area (Å²) in [5.74, 6) is 1.06. The Bertz CT molecular complexity index is 303. The smallest absolute Gasteiger partial charge is 0.307 e. The molecule has 0 spiro atoms. The van der Waals surface area contributed by atoms with Gasteiger partial charge in [-0.2, -0.15) is 0 Å². The van der Waals surface area contributed by atoms with Crippen molar-refractivity contribution in [2.45, 2.75) is 64.7 Å². The highest BCUT2D eigenvalue weighted by atomic mass is 16.5. The van der Waals surface area contributed by atoms with E-state index >= 15 is 0 Å². The summed E-state index contributed by atoms with van der Waals surface area (Å²) < 4.78 is 4.69. The number of carbonyl (C=O) groups is 1. The molecule has 116 valence electrons. The van der Waals surface area contributed by atoms with Gasteiger partial charge in [0, 0.05) is 19.5 Å². The van der Waals surface area contributed by atoms with Crippen LogP contribution >= 0.6 is 0 Å².